The Kier molecular flexibility index (Phi) is 8.58. The van der Waals surface area contributed by atoms with E-state index in [0.717, 1.165) is 30.6 Å². The fraction of sp³-hybridized carbons (Fsp3) is 0.310. The molecule has 0 aliphatic carbocycles. The van der Waals surface area contributed by atoms with Gasteiger partial charge in [-0.1, -0.05) is 73.6 Å². The molecule has 1 amide bonds. The topological polar surface area (TPSA) is 106 Å². The molecule has 8 nitrogen and oxygen atoms in total. The van der Waals surface area contributed by atoms with Crippen LogP contribution < -0.4 is 9.64 Å². The third-order valence-corrected chi connectivity index (χ3v) is 7.27. The highest BCUT2D eigenvalue weighted by Crippen LogP contribution is 2.44. The van der Waals surface area contributed by atoms with Gasteiger partial charge < -0.3 is 14.6 Å². The Morgan fingerprint density at radius 1 is 1.08 bits per heavy atom. The molecule has 1 aromatic heterocycles. The molecule has 3 aromatic rings. The van der Waals surface area contributed by atoms with Gasteiger partial charge in [0.25, 0.3) is 5.78 Å². The number of esters is 1. The molecular formula is C29H30N2O6S. The van der Waals surface area contributed by atoms with E-state index in [-0.39, 0.29) is 27.9 Å². The van der Waals surface area contributed by atoms with Crippen molar-refractivity contribution in [2.45, 2.75) is 46.1 Å². The number of aromatic nitrogens is 1. The summed E-state index contributed by atoms with van der Waals surface area (Å²) < 4.78 is 11.1. The lowest BCUT2D eigenvalue weighted by molar-refractivity contribution is -0.132. The molecule has 1 aliphatic rings. The van der Waals surface area contributed by atoms with Crippen molar-refractivity contribution in [1.82, 2.24) is 4.98 Å². The highest BCUT2D eigenvalue weighted by atomic mass is 32.1. The number of rotatable bonds is 10. The van der Waals surface area contributed by atoms with E-state index in [0.29, 0.717) is 29.2 Å². The second-order valence-corrected chi connectivity index (χ2v) is 9.77. The minimum absolute atomic E-state index is 0.0603. The maximum absolute atomic E-state index is 13.4. The van der Waals surface area contributed by atoms with Gasteiger partial charge in [0.2, 0.25) is 0 Å². The number of benzene rings is 2. The summed E-state index contributed by atoms with van der Waals surface area (Å²) in [5.41, 5.74) is 1.31. The Hall–Kier alpha value is -3.98. The molecule has 38 heavy (non-hydrogen) atoms. The van der Waals surface area contributed by atoms with Gasteiger partial charge >= 0.3 is 11.9 Å². The summed E-state index contributed by atoms with van der Waals surface area (Å²) in [6.07, 6.45) is 3.02. The summed E-state index contributed by atoms with van der Waals surface area (Å²) in [4.78, 5) is 45.2. The molecule has 1 saturated heterocycles. The number of unbranched alkanes of at least 4 members (excludes halogenated alkanes) is 2. The number of hydrogen-bond donors (Lipinski definition) is 1. The highest BCUT2D eigenvalue weighted by Gasteiger charge is 2.48. The summed E-state index contributed by atoms with van der Waals surface area (Å²) in [6, 6.07) is 14.8. The largest absolute Gasteiger partial charge is 0.507 e. The third kappa shape index (κ3) is 5.47. The van der Waals surface area contributed by atoms with Gasteiger partial charge in [0.15, 0.2) is 5.13 Å². The predicted octanol–water partition coefficient (Wildman–Crippen LogP) is 5.82. The molecule has 1 N–H and O–H groups in total. The fourth-order valence-electron chi connectivity index (χ4n) is 4.28. The van der Waals surface area contributed by atoms with Crippen LogP contribution in [-0.2, 0) is 14.3 Å². The summed E-state index contributed by atoms with van der Waals surface area (Å²) in [5.74, 6) is -1.92. The van der Waals surface area contributed by atoms with Gasteiger partial charge in [-0.05, 0) is 38.0 Å². The lowest BCUT2D eigenvalue weighted by Crippen LogP contribution is -2.29. The van der Waals surface area contributed by atoms with Gasteiger partial charge in [-0.3, -0.25) is 14.5 Å². The maximum Gasteiger partial charge on any atom is 0.350 e. The van der Waals surface area contributed by atoms with Gasteiger partial charge in [-0.2, -0.15) is 0 Å². The number of carbonyl (C=O) groups is 3. The number of thiazole rings is 1. The Labute approximate surface area is 225 Å². The van der Waals surface area contributed by atoms with Crippen molar-refractivity contribution >= 4 is 39.9 Å². The van der Waals surface area contributed by atoms with Crippen LogP contribution >= 0.6 is 11.3 Å². The van der Waals surface area contributed by atoms with Crippen molar-refractivity contribution in [3.63, 3.8) is 0 Å². The van der Waals surface area contributed by atoms with Crippen LogP contribution in [0.3, 0.4) is 0 Å². The molecule has 1 atom stereocenters. The number of amides is 1. The predicted molar refractivity (Wildman–Crippen MR) is 145 cm³/mol. The van der Waals surface area contributed by atoms with Crippen molar-refractivity contribution in [2.24, 2.45) is 0 Å². The van der Waals surface area contributed by atoms with Crippen LogP contribution in [0.15, 0.2) is 60.2 Å². The van der Waals surface area contributed by atoms with Gasteiger partial charge in [0.05, 0.1) is 30.5 Å². The van der Waals surface area contributed by atoms with E-state index in [2.05, 4.69) is 11.9 Å². The molecule has 2 heterocycles. The average molecular weight is 535 g/mol. The van der Waals surface area contributed by atoms with Crippen molar-refractivity contribution in [3.8, 4) is 5.75 Å². The number of ketones is 1. The first kappa shape index (κ1) is 27.1. The van der Waals surface area contributed by atoms with Gasteiger partial charge in [-0.25, -0.2) is 9.78 Å². The fourth-order valence-corrected chi connectivity index (χ4v) is 5.27. The Bertz CT molecular complexity index is 1360. The lowest BCUT2D eigenvalue weighted by Gasteiger charge is -2.23. The molecule has 1 aliphatic heterocycles. The standard InChI is InChI=1S/C29H30N2O6S/c1-4-6-10-16-37-21-15-11-14-20(17-21)23-22(24(32)19-12-8-7-9-13-19)25(33)27(34)31(23)29-30-18(3)26(38-29)28(35)36-5-2/h7-9,11-15,17,23,32H,4-6,10,16H2,1-3H3. The molecule has 2 aromatic carbocycles. The maximum atomic E-state index is 13.4. The molecule has 9 heteroatoms. The van der Waals surface area contributed by atoms with Crippen LogP contribution in [0.25, 0.3) is 5.76 Å². The van der Waals surface area contributed by atoms with E-state index in [1.165, 1.54) is 4.90 Å². The SMILES string of the molecule is CCCCCOc1cccc(C2C(=C(O)c3ccccc3)C(=O)C(=O)N2c2nc(C)c(C(=O)OCC)s2)c1. The first-order valence-corrected chi connectivity index (χ1v) is 13.4. The minimum atomic E-state index is -0.977. The normalized spacial score (nSPS) is 16.6. The van der Waals surface area contributed by atoms with E-state index >= 15 is 0 Å². The third-order valence-electron chi connectivity index (χ3n) is 6.13. The average Bonchev–Trinajstić information content (AvgIpc) is 3.43. The number of hydrogen-bond acceptors (Lipinski definition) is 8. The quantitative estimate of drug-likeness (QED) is 0.115. The summed E-state index contributed by atoms with van der Waals surface area (Å²) >= 11 is 0.974. The molecule has 0 spiro atoms. The van der Waals surface area contributed by atoms with E-state index < -0.39 is 23.7 Å². The zero-order chi connectivity index (χ0) is 27.2. The van der Waals surface area contributed by atoms with Crippen LogP contribution in [-0.4, -0.2) is 41.0 Å². The Morgan fingerprint density at radius 2 is 1.84 bits per heavy atom. The molecule has 0 bridgehead atoms. The number of nitrogens with zero attached hydrogens (tertiary/aromatic N) is 2. The second-order valence-electron chi connectivity index (χ2n) is 8.79. The minimum Gasteiger partial charge on any atom is -0.507 e. The van der Waals surface area contributed by atoms with Crippen molar-refractivity contribution < 1.29 is 29.0 Å². The van der Waals surface area contributed by atoms with Crippen LogP contribution in [0.5, 0.6) is 5.75 Å². The van der Waals surface area contributed by atoms with E-state index in [1.807, 2.05) is 6.07 Å². The van der Waals surface area contributed by atoms with Crippen molar-refractivity contribution in [2.75, 3.05) is 18.1 Å². The molecule has 0 saturated carbocycles. The van der Waals surface area contributed by atoms with Gasteiger partial charge in [0, 0.05) is 5.56 Å². The molecule has 1 fully saturated rings. The number of carbonyl (C=O) groups excluding carboxylic acids is 3. The number of anilines is 1. The molecule has 198 valence electrons. The number of aryl methyl sites for hydroxylation is 1. The summed E-state index contributed by atoms with van der Waals surface area (Å²) in [7, 11) is 0. The number of Topliss-reactive ketones (excluding diaryl/α,β-unsaturated/α-hetero) is 1. The van der Waals surface area contributed by atoms with E-state index in [1.54, 1.807) is 62.4 Å². The first-order chi connectivity index (χ1) is 18.4. The number of ether oxygens (including phenoxy) is 2. The number of aliphatic hydroxyl groups excluding tert-OH is 1. The molecule has 0 radical (unpaired) electrons. The summed E-state index contributed by atoms with van der Waals surface area (Å²) in [6.45, 7) is 6.19. The van der Waals surface area contributed by atoms with Gasteiger partial charge in [-0.15, -0.1) is 0 Å². The monoisotopic (exact) mass is 534 g/mol. The Morgan fingerprint density at radius 3 is 2.55 bits per heavy atom. The first-order valence-electron chi connectivity index (χ1n) is 12.6. The zero-order valence-electron chi connectivity index (χ0n) is 21.6. The van der Waals surface area contributed by atoms with Crippen LogP contribution in [0, 0.1) is 6.92 Å². The molecule has 1 unspecified atom stereocenters. The van der Waals surface area contributed by atoms with Crippen LogP contribution in [0.4, 0.5) is 5.13 Å². The second kappa shape index (κ2) is 12.0. The van der Waals surface area contributed by atoms with Crippen molar-refractivity contribution in [3.05, 3.63) is 81.9 Å². The van der Waals surface area contributed by atoms with E-state index in [4.69, 9.17) is 9.47 Å². The molecule has 4 rings (SSSR count). The number of aliphatic hydroxyl groups is 1. The van der Waals surface area contributed by atoms with Gasteiger partial charge in [0.1, 0.15) is 16.4 Å². The Balaban J connectivity index is 1.83. The van der Waals surface area contributed by atoms with Crippen molar-refractivity contribution in [1.29, 1.82) is 0 Å². The summed E-state index contributed by atoms with van der Waals surface area (Å²) in [5, 5.41) is 11.4. The highest BCUT2D eigenvalue weighted by molar-refractivity contribution is 7.17. The van der Waals surface area contributed by atoms with Crippen LogP contribution in [0.2, 0.25) is 0 Å². The zero-order valence-corrected chi connectivity index (χ0v) is 22.4. The smallest absolute Gasteiger partial charge is 0.350 e. The van der Waals surface area contributed by atoms with E-state index in [9.17, 15) is 19.5 Å². The van der Waals surface area contributed by atoms with Crippen LogP contribution in [0.1, 0.15) is 65.6 Å². The molecular weight excluding hydrogens is 504 g/mol. The lowest BCUT2D eigenvalue weighted by atomic mass is 9.95.